The lowest BCUT2D eigenvalue weighted by Crippen LogP contribution is -1.82. The Hall–Kier alpha value is -1.68. The number of halogens is 1. The van der Waals surface area contributed by atoms with E-state index in [9.17, 15) is 0 Å². The minimum Gasteiger partial charge on any atom is -0.337 e. The van der Waals surface area contributed by atoms with E-state index in [0.717, 1.165) is 26.9 Å². The molecule has 0 fully saturated rings. The Balaban J connectivity index is 2.17. The molecule has 0 radical (unpaired) electrons. The highest BCUT2D eigenvalue weighted by Gasteiger charge is 2.06. The summed E-state index contributed by atoms with van der Waals surface area (Å²) >= 11 is 3.53. The summed E-state index contributed by atoms with van der Waals surface area (Å²) in [7, 11) is 0. The number of imidazole rings is 1. The molecule has 0 bridgehead atoms. The first-order valence-corrected chi connectivity index (χ1v) is 6.09. The summed E-state index contributed by atoms with van der Waals surface area (Å²) in [4.78, 5) is 11.9. The molecule has 3 aromatic rings. The van der Waals surface area contributed by atoms with Gasteiger partial charge in [-0.05, 0) is 24.6 Å². The summed E-state index contributed by atoms with van der Waals surface area (Å²) in [5.74, 6) is 0.869. The number of nitrogens with one attached hydrogen (secondary N) is 1. The topological polar surface area (TPSA) is 41.6 Å². The highest BCUT2D eigenvalue weighted by Crippen LogP contribution is 2.25. The van der Waals surface area contributed by atoms with Gasteiger partial charge in [0.25, 0.3) is 0 Å². The molecule has 0 aliphatic heterocycles. The molecule has 0 saturated heterocycles. The lowest BCUT2D eigenvalue weighted by Gasteiger charge is -2.00. The van der Waals surface area contributed by atoms with E-state index >= 15 is 0 Å². The minimum atomic E-state index is 0.869. The van der Waals surface area contributed by atoms with Crippen LogP contribution < -0.4 is 0 Å². The number of hydrogen-bond donors (Lipinski definition) is 1. The molecule has 1 aromatic carbocycles. The quantitative estimate of drug-likeness (QED) is 0.742. The Labute approximate surface area is 107 Å². The van der Waals surface area contributed by atoms with Crippen LogP contribution in [0, 0.1) is 6.92 Å². The van der Waals surface area contributed by atoms with E-state index in [2.05, 4.69) is 56.0 Å². The summed E-state index contributed by atoms with van der Waals surface area (Å²) < 4.78 is 1.09. The van der Waals surface area contributed by atoms with Crippen molar-refractivity contribution in [2.45, 2.75) is 6.92 Å². The normalized spacial score (nSPS) is 10.9. The number of rotatable bonds is 1. The molecule has 2 aromatic heterocycles. The van der Waals surface area contributed by atoms with Crippen molar-refractivity contribution < 1.29 is 0 Å². The van der Waals surface area contributed by atoms with Crippen LogP contribution in [-0.4, -0.2) is 15.0 Å². The smallest absolute Gasteiger partial charge is 0.138 e. The molecule has 0 saturated carbocycles. The van der Waals surface area contributed by atoms with E-state index in [4.69, 9.17) is 0 Å². The molecule has 0 aliphatic rings. The van der Waals surface area contributed by atoms with Gasteiger partial charge in [-0.15, -0.1) is 0 Å². The molecule has 17 heavy (non-hydrogen) atoms. The predicted octanol–water partition coefficient (Wildman–Crippen LogP) is 3.70. The summed E-state index contributed by atoms with van der Waals surface area (Å²) in [6.07, 6.45) is 3.53. The van der Waals surface area contributed by atoms with Crippen molar-refractivity contribution in [3.8, 4) is 11.4 Å². The maximum Gasteiger partial charge on any atom is 0.138 e. The van der Waals surface area contributed by atoms with Crippen LogP contribution in [0.1, 0.15) is 5.56 Å². The predicted molar refractivity (Wildman–Crippen MR) is 71.8 cm³/mol. The lowest BCUT2D eigenvalue weighted by atomic mass is 10.1. The third kappa shape index (κ3) is 1.85. The highest BCUT2D eigenvalue weighted by molar-refractivity contribution is 9.10. The van der Waals surface area contributed by atoms with Crippen LogP contribution in [-0.2, 0) is 0 Å². The van der Waals surface area contributed by atoms with Crippen molar-refractivity contribution in [2.24, 2.45) is 0 Å². The maximum absolute atomic E-state index is 4.54. The first-order chi connectivity index (χ1) is 8.24. The maximum atomic E-state index is 4.54. The summed E-state index contributed by atoms with van der Waals surface area (Å²) in [6.45, 7) is 2.07. The van der Waals surface area contributed by atoms with Gasteiger partial charge in [0, 0.05) is 16.2 Å². The van der Waals surface area contributed by atoms with Crippen LogP contribution in [0.5, 0.6) is 0 Å². The second-order valence-corrected chi connectivity index (χ2v) is 4.80. The van der Waals surface area contributed by atoms with Crippen LogP contribution >= 0.6 is 15.9 Å². The van der Waals surface area contributed by atoms with Gasteiger partial charge in [-0.2, -0.15) is 0 Å². The fourth-order valence-corrected chi connectivity index (χ4v) is 2.11. The molecule has 0 aliphatic carbocycles. The standard InChI is InChI=1S/C13H10BrN3/c1-8-2-3-9(6-10(8)14)13-16-11-4-5-15-7-12(11)17-13/h2-7H,1H3,(H,16,17). The van der Waals surface area contributed by atoms with Gasteiger partial charge in [0.05, 0.1) is 17.2 Å². The average Bonchev–Trinajstić information content (AvgIpc) is 2.76. The summed E-state index contributed by atoms with van der Waals surface area (Å²) in [5, 5.41) is 0. The molecule has 0 unspecified atom stereocenters. The van der Waals surface area contributed by atoms with Crippen molar-refractivity contribution in [1.29, 1.82) is 0 Å². The monoisotopic (exact) mass is 287 g/mol. The fraction of sp³-hybridized carbons (Fsp3) is 0.0769. The minimum absolute atomic E-state index is 0.869. The van der Waals surface area contributed by atoms with Crippen molar-refractivity contribution in [3.05, 3.63) is 46.7 Å². The molecule has 3 nitrogen and oxygen atoms in total. The number of aryl methyl sites for hydroxylation is 1. The molecule has 1 N–H and O–H groups in total. The molecule has 84 valence electrons. The molecule has 3 rings (SSSR count). The zero-order valence-electron chi connectivity index (χ0n) is 9.24. The van der Waals surface area contributed by atoms with Crippen molar-refractivity contribution >= 4 is 27.0 Å². The van der Waals surface area contributed by atoms with Gasteiger partial charge in [-0.1, -0.05) is 28.1 Å². The van der Waals surface area contributed by atoms with Crippen LogP contribution in [0.15, 0.2) is 41.1 Å². The molecule has 2 heterocycles. The second kappa shape index (κ2) is 3.96. The Kier molecular flexibility index (Phi) is 2.44. The highest BCUT2D eigenvalue weighted by atomic mass is 79.9. The number of nitrogens with zero attached hydrogens (tertiary/aromatic N) is 2. The van der Waals surface area contributed by atoms with Gasteiger partial charge in [-0.25, -0.2) is 4.98 Å². The van der Waals surface area contributed by atoms with Crippen molar-refractivity contribution in [1.82, 2.24) is 15.0 Å². The number of benzene rings is 1. The first-order valence-electron chi connectivity index (χ1n) is 5.30. The van der Waals surface area contributed by atoms with E-state index in [-0.39, 0.29) is 0 Å². The fourth-order valence-electron chi connectivity index (χ4n) is 1.73. The lowest BCUT2D eigenvalue weighted by molar-refractivity contribution is 1.31. The van der Waals surface area contributed by atoms with Crippen molar-refractivity contribution in [3.63, 3.8) is 0 Å². The average molecular weight is 288 g/mol. The Morgan fingerprint density at radius 3 is 2.88 bits per heavy atom. The van der Waals surface area contributed by atoms with Crippen LogP contribution in [0.4, 0.5) is 0 Å². The summed E-state index contributed by atoms with van der Waals surface area (Å²) in [5.41, 5.74) is 4.18. The number of hydrogen-bond acceptors (Lipinski definition) is 2. The SMILES string of the molecule is Cc1ccc(-c2nc3ccncc3[nH]2)cc1Br. The molecule has 0 amide bonds. The Bertz CT molecular complexity index is 655. The van der Waals surface area contributed by atoms with Gasteiger partial charge in [0.15, 0.2) is 0 Å². The van der Waals surface area contributed by atoms with Crippen LogP contribution in [0.25, 0.3) is 22.4 Å². The van der Waals surface area contributed by atoms with Crippen LogP contribution in [0.3, 0.4) is 0 Å². The Morgan fingerprint density at radius 2 is 2.12 bits per heavy atom. The largest absolute Gasteiger partial charge is 0.337 e. The van der Waals surface area contributed by atoms with E-state index in [1.165, 1.54) is 5.56 Å². The molecular weight excluding hydrogens is 278 g/mol. The number of pyridine rings is 1. The number of H-pyrrole nitrogens is 1. The molecule has 0 atom stereocenters. The zero-order valence-corrected chi connectivity index (χ0v) is 10.8. The number of aromatic amines is 1. The first kappa shape index (κ1) is 10.5. The van der Waals surface area contributed by atoms with E-state index in [0.29, 0.717) is 0 Å². The third-order valence-electron chi connectivity index (χ3n) is 2.73. The molecule has 0 spiro atoms. The van der Waals surface area contributed by atoms with Gasteiger partial charge in [-0.3, -0.25) is 4.98 Å². The van der Waals surface area contributed by atoms with Gasteiger partial charge in [0.2, 0.25) is 0 Å². The second-order valence-electron chi connectivity index (χ2n) is 3.94. The number of fused-ring (bicyclic) bond motifs is 1. The van der Waals surface area contributed by atoms with Gasteiger partial charge < -0.3 is 4.98 Å². The molecule has 4 heteroatoms. The third-order valence-corrected chi connectivity index (χ3v) is 3.58. The Morgan fingerprint density at radius 1 is 1.24 bits per heavy atom. The van der Waals surface area contributed by atoms with E-state index in [1.807, 2.05) is 6.07 Å². The van der Waals surface area contributed by atoms with Crippen molar-refractivity contribution in [2.75, 3.05) is 0 Å². The van der Waals surface area contributed by atoms with E-state index in [1.54, 1.807) is 12.4 Å². The van der Waals surface area contributed by atoms with Crippen LogP contribution in [0.2, 0.25) is 0 Å². The van der Waals surface area contributed by atoms with E-state index < -0.39 is 0 Å². The molecular formula is C13H10BrN3. The number of aromatic nitrogens is 3. The van der Waals surface area contributed by atoms with Gasteiger partial charge >= 0.3 is 0 Å². The summed E-state index contributed by atoms with van der Waals surface area (Å²) in [6, 6.07) is 8.11. The zero-order chi connectivity index (χ0) is 11.8. The van der Waals surface area contributed by atoms with Gasteiger partial charge in [0.1, 0.15) is 5.82 Å².